The van der Waals surface area contributed by atoms with Gasteiger partial charge in [-0.25, -0.2) is 4.79 Å². The van der Waals surface area contributed by atoms with E-state index in [0.717, 1.165) is 16.7 Å². The maximum atomic E-state index is 13.3. The number of carbonyl (C=O) groups excluding carboxylic acids is 1. The lowest BCUT2D eigenvalue weighted by atomic mass is 9.88. The first-order valence-corrected chi connectivity index (χ1v) is 13.2. The number of likely N-dealkylation sites (tertiary alicyclic amines) is 1. The summed E-state index contributed by atoms with van der Waals surface area (Å²) in [5.41, 5.74) is 7.46. The molecule has 0 radical (unpaired) electrons. The molecule has 3 atom stereocenters. The fourth-order valence-corrected chi connectivity index (χ4v) is 5.80. The van der Waals surface area contributed by atoms with E-state index in [4.69, 9.17) is 5.73 Å². The lowest BCUT2D eigenvalue weighted by Gasteiger charge is -2.34. The van der Waals surface area contributed by atoms with Crippen LogP contribution in [0.2, 0.25) is 0 Å². The van der Waals surface area contributed by atoms with Crippen LogP contribution in [0.5, 0.6) is 0 Å². The standard InChI is InChI=1S/C27H42N4O6/c1-26(2)18-12-10-17(16-19(18)27(3,4)31(26)37)11-13-21(24(33)34)29-20(8-5-6-14-28)23(32)30-15-7-9-22(30)25(35)36/h10,12,16,20-22,29,37H,5-9,11,13-15,28H2,1-4H3,(H,33,34)(H,35,36)/t20-,21-,22-/m0/s1. The number of hydrogen-bond donors (Lipinski definition) is 5. The molecule has 3 rings (SSSR count). The van der Waals surface area contributed by atoms with Crippen LogP contribution in [0.25, 0.3) is 0 Å². The molecular weight excluding hydrogens is 476 g/mol. The number of benzene rings is 1. The Morgan fingerprint density at radius 1 is 1.05 bits per heavy atom. The minimum atomic E-state index is -1.06. The molecule has 2 aliphatic rings. The van der Waals surface area contributed by atoms with Gasteiger partial charge in [-0.2, -0.15) is 5.06 Å². The van der Waals surface area contributed by atoms with E-state index in [1.165, 1.54) is 9.96 Å². The van der Waals surface area contributed by atoms with Gasteiger partial charge in [0.25, 0.3) is 0 Å². The molecule has 10 nitrogen and oxygen atoms in total. The summed E-state index contributed by atoms with van der Waals surface area (Å²) in [6.07, 6.45) is 3.43. The van der Waals surface area contributed by atoms with E-state index < -0.39 is 41.1 Å². The molecule has 6 N–H and O–H groups in total. The molecule has 2 aliphatic heterocycles. The van der Waals surface area contributed by atoms with Crippen molar-refractivity contribution >= 4 is 17.8 Å². The van der Waals surface area contributed by atoms with E-state index in [0.29, 0.717) is 51.6 Å². The lowest BCUT2D eigenvalue weighted by molar-refractivity contribution is -0.216. The van der Waals surface area contributed by atoms with E-state index in [1.807, 2.05) is 45.9 Å². The van der Waals surface area contributed by atoms with Gasteiger partial charge in [0.1, 0.15) is 12.1 Å². The highest BCUT2D eigenvalue weighted by Crippen LogP contribution is 2.48. The summed E-state index contributed by atoms with van der Waals surface area (Å²) in [7, 11) is 0. The highest BCUT2D eigenvalue weighted by atomic mass is 16.5. The van der Waals surface area contributed by atoms with Crippen molar-refractivity contribution in [1.82, 2.24) is 15.3 Å². The number of rotatable bonds is 12. The van der Waals surface area contributed by atoms with Gasteiger partial charge in [0, 0.05) is 6.54 Å². The van der Waals surface area contributed by atoms with Crippen LogP contribution in [-0.4, -0.2) is 74.4 Å². The highest BCUT2D eigenvalue weighted by molar-refractivity contribution is 5.88. The number of fused-ring (bicyclic) bond motifs is 1. The number of unbranched alkanes of at least 4 members (excludes halogenated alkanes) is 1. The number of carbonyl (C=O) groups is 3. The fourth-order valence-electron chi connectivity index (χ4n) is 5.80. The second-order valence-corrected chi connectivity index (χ2v) is 11.3. The molecule has 1 aromatic rings. The first kappa shape index (κ1) is 29.0. The molecule has 0 aromatic heterocycles. The number of nitrogens with one attached hydrogen (secondary N) is 1. The molecule has 1 aromatic carbocycles. The van der Waals surface area contributed by atoms with Crippen molar-refractivity contribution in [2.24, 2.45) is 5.73 Å². The van der Waals surface area contributed by atoms with Crippen LogP contribution in [-0.2, 0) is 31.9 Å². The second kappa shape index (κ2) is 11.5. The van der Waals surface area contributed by atoms with E-state index in [2.05, 4.69) is 5.32 Å². The van der Waals surface area contributed by atoms with Gasteiger partial charge in [-0.3, -0.25) is 14.9 Å². The van der Waals surface area contributed by atoms with Gasteiger partial charge >= 0.3 is 11.9 Å². The first-order valence-electron chi connectivity index (χ1n) is 13.2. The minimum Gasteiger partial charge on any atom is -0.480 e. The number of hydrogen-bond acceptors (Lipinski definition) is 7. The summed E-state index contributed by atoms with van der Waals surface area (Å²) < 4.78 is 0. The summed E-state index contributed by atoms with van der Waals surface area (Å²) in [6, 6.07) is 3.32. The molecule has 206 valence electrons. The Morgan fingerprint density at radius 3 is 2.35 bits per heavy atom. The van der Waals surface area contributed by atoms with Crippen molar-refractivity contribution in [2.45, 2.75) is 102 Å². The van der Waals surface area contributed by atoms with Crippen molar-refractivity contribution in [3.63, 3.8) is 0 Å². The number of hydroxylamine groups is 2. The Balaban J connectivity index is 1.75. The minimum absolute atomic E-state index is 0.254. The zero-order chi connectivity index (χ0) is 27.5. The Labute approximate surface area is 218 Å². The number of aliphatic carboxylic acids is 2. The molecule has 0 saturated carbocycles. The van der Waals surface area contributed by atoms with Crippen molar-refractivity contribution in [2.75, 3.05) is 13.1 Å². The van der Waals surface area contributed by atoms with Crippen LogP contribution in [0.15, 0.2) is 18.2 Å². The molecule has 1 amide bonds. The molecule has 10 heteroatoms. The second-order valence-electron chi connectivity index (χ2n) is 11.3. The van der Waals surface area contributed by atoms with E-state index in [9.17, 15) is 29.8 Å². The summed E-state index contributed by atoms with van der Waals surface area (Å²) in [4.78, 5) is 38.5. The lowest BCUT2D eigenvalue weighted by Crippen LogP contribution is -2.54. The third-order valence-electron chi connectivity index (χ3n) is 7.95. The topological polar surface area (TPSA) is 156 Å². The van der Waals surface area contributed by atoms with Gasteiger partial charge in [-0.15, -0.1) is 0 Å². The molecule has 0 aliphatic carbocycles. The van der Waals surface area contributed by atoms with Crippen molar-refractivity contribution in [1.29, 1.82) is 0 Å². The Morgan fingerprint density at radius 2 is 1.73 bits per heavy atom. The Hall–Kier alpha value is -2.53. The highest BCUT2D eigenvalue weighted by Gasteiger charge is 2.48. The van der Waals surface area contributed by atoms with Crippen LogP contribution in [0.1, 0.15) is 82.9 Å². The maximum Gasteiger partial charge on any atom is 0.326 e. The van der Waals surface area contributed by atoms with Crippen molar-refractivity contribution < 1.29 is 29.8 Å². The molecule has 0 bridgehead atoms. The third kappa shape index (κ3) is 5.98. The van der Waals surface area contributed by atoms with E-state index >= 15 is 0 Å². The van der Waals surface area contributed by atoms with Gasteiger partial charge in [0.2, 0.25) is 5.91 Å². The zero-order valence-electron chi connectivity index (χ0n) is 22.4. The van der Waals surface area contributed by atoms with Crippen molar-refractivity contribution in [3.8, 4) is 0 Å². The summed E-state index contributed by atoms with van der Waals surface area (Å²) in [5, 5.41) is 34.6. The molecule has 1 fully saturated rings. The number of amides is 1. The molecular formula is C27H42N4O6. The molecule has 37 heavy (non-hydrogen) atoms. The predicted molar refractivity (Wildman–Crippen MR) is 138 cm³/mol. The molecule has 0 spiro atoms. The average Bonchev–Trinajstić information content (AvgIpc) is 3.38. The SMILES string of the molecule is CC1(C)c2ccc(CC[C@H](N[C@@H](CCCCN)C(=O)N3CCC[C@H]3C(=O)O)C(=O)O)cc2C(C)(C)N1O. The van der Waals surface area contributed by atoms with Crippen LogP contribution >= 0.6 is 0 Å². The van der Waals surface area contributed by atoms with E-state index in [-0.39, 0.29) is 12.3 Å². The number of aryl methyl sites for hydroxylation is 1. The smallest absolute Gasteiger partial charge is 0.326 e. The van der Waals surface area contributed by atoms with Crippen molar-refractivity contribution in [3.05, 3.63) is 34.9 Å². The van der Waals surface area contributed by atoms with Crippen LogP contribution in [0.3, 0.4) is 0 Å². The van der Waals surface area contributed by atoms with Crippen LogP contribution in [0.4, 0.5) is 0 Å². The molecule has 2 heterocycles. The Kier molecular flexibility index (Phi) is 9.00. The monoisotopic (exact) mass is 518 g/mol. The van der Waals surface area contributed by atoms with Gasteiger partial charge in [0.15, 0.2) is 0 Å². The normalized spacial score (nSPS) is 22.0. The zero-order valence-corrected chi connectivity index (χ0v) is 22.4. The number of nitrogens with zero attached hydrogens (tertiary/aromatic N) is 2. The fraction of sp³-hybridized carbons (Fsp3) is 0.667. The number of carboxylic acid groups (broad SMARTS) is 2. The van der Waals surface area contributed by atoms with Crippen LogP contribution < -0.4 is 11.1 Å². The van der Waals surface area contributed by atoms with Crippen LogP contribution in [0, 0.1) is 0 Å². The number of nitrogens with two attached hydrogens (primary N) is 1. The number of carboxylic acids is 2. The van der Waals surface area contributed by atoms with Gasteiger partial charge in [0.05, 0.1) is 17.1 Å². The quantitative estimate of drug-likeness (QED) is 0.262. The molecule has 1 saturated heterocycles. The van der Waals surface area contributed by atoms with Gasteiger partial charge in [-0.1, -0.05) is 24.6 Å². The summed E-state index contributed by atoms with van der Waals surface area (Å²) in [5.74, 6) is -2.46. The van der Waals surface area contributed by atoms with Gasteiger partial charge in [-0.05, 0) is 89.5 Å². The van der Waals surface area contributed by atoms with Gasteiger partial charge < -0.3 is 26.1 Å². The summed E-state index contributed by atoms with van der Waals surface area (Å²) >= 11 is 0. The third-order valence-corrected chi connectivity index (χ3v) is 7.95. The van der Waals surface area contributed by atoms with E-state index in [1.54, 1.807) is 0 Å². The Bertz CT molecular complexity index is 1010. The molecule has 0 unspecified atom stereocenters. The predicted octanol–water partition coefficient (Wildman–Crippen LogP) is 2.41. The summed E-state index contributed by atoms with van der Waals surface area (Å²) in [6.45, 7) is 8.63. The largest absolute Gasteiger partial charge is 0.480 e. The maximum absolute atomic E-state index is 13.3. The average molecular weight is 519 g/mol. The first-order chi connectivity index (χ1) is 17.3.